The maximum atomic E-state index is 13.7. The van der Waals surface area contributed by atoms with Crippen LogP contribution in [-0.4, -0.2) is 107 Å². The number of anilines is 1. The number of hydrogen-bond donors (Lipinski definition) is 1. The fourth-order valence-electron chi connectivity index (χ4n) is 3.51. The molecule has 14 nitrogen and oxygen atoms in total. The van der Waals surface area contributed by atoms with Crippen LogP contribution in [0.2, 0.25) is 0 Å². The van der Waals surface area contributed by atoms with E-state index < -0.39 is 59.0 Å². The molecule has 2 rings (SSSR count). The molecule has 1 aromatic rings. The minimum absolute atomic E-state index is 0.122. The molecule has 0 radical (unpaired) electrons. The van der Waals surface area contributed by atoms with E-state index in [9.17, 15) is 35.4 Å². The van der Waals surface area contributed by atoms with Crippen LogP contribution in [0.25, 0.3) is 0 Å². The first-order chi connectivity index (χ1) is 16.5. The molecule has 0 spiro atoms. The highest BCUT2D eigenvalue weighted by Crippen LogP contribution is 2.35. The average Bonchev–Trinajstić information content (AvgIpc) is 2.75. The molecule has 0 unspecified atom stereocenters. The molecule has 17 heteroatoms. The van der Waals surface area contributed by atoms with Gasteiger partial charge in [-0.25, -0.2) is 8.42 Å². The highest BCUT2D eigenvalue weighted by Gasteiger charge is 2.35. The Labute approximate surface area is 211 Å². The number of benzene rings is 1. The van der Waals surface area contributed by atoms with Gasteiger partial charge in [-0.05, 0) is 0 Å². The predicted octanol–water partition coefficient (Wildman–Crippen LogP) is -2.15. The van der Waals surface area contributed by atoms with E-state index in [0.29, 0.717) is 13.1 Å². The number of quaternary nitrogens is 1. The monoisotopic (exact) mass is 569 g/mol. The Kier molecular flexibility index (Phi) is 9.81. The van der Waals surface area contributed by atoms with Gasteiger partial charge < -0.3 is 9.80 Å². The number of sulfonamides is 1. The molecule has 1 aliphatic rings. The first-order valence-electron chi connectivity index (χ1n) is 10.6. The van der Waals surface area contributed by atoms with Gasteiger partial charge in [0.1, 0.15) is 4.90 Å². The number of nitro benzene ring substituents is 1. The van der Waals surface area contributed by atoms with Gasteiger partial charge in [0.05, 0.1) is 75.1 Å². The summed E-state index contributed by atoms with van der Waals surface area (Å²) in [6.07, 6.45) is 7.25. The van der Waals surface area contributed by atoms with E-state index in [2.05, 4.69) is 5.92 Å². The molecule has 1 N–H and O–H groups in total. The third-order valence-electron chi connectivity index (χ3n) is 5.25. The summed E-state index contributed by atoms with van der Waals surface area (Å²) in [7, 11) is -10.1. The molecule has 0 atom stereocenters. The normalized spacial score (nSPS) is 15.9. The first kappa shape index (κ1) is 29.9. The van der Waals surface area contributed by atoms with Gasteiger partial charge in [-0.15, -0.1) is 6.42 Å². The molecule has 0 bridgehead atoms. The lowest BCUT2D eigenvalue weighted by atomic mass is 10.1. The Balaban J connectivity index is 2.65. The summed E-state index contributed by atoms with van der Waals surface area (Å²) in [5.74, 6) is 2.26. The van der Waals surface area contributed by atoms with Crippen molar-refractivity contribution >= 4 is 41.6 Å². The van der Waals surface area contributed by atoms with Gasteiger partial charge in [-0.3, -0.25) is 18.5 Å². The van der Waals surface area contributed by atoms with Crippen LogP contribution < -0.4 is 9.80 Å². The molecule has 1 fully saturated rings. The van der Waals surface area contributed by atoms with Crippen LogP contribution in [0.1, 0.15) is 5.56 Å². The van der Waals surface area contributed by atoms with Crippen LogP contribution in [0.5, 0.6) is 0 Å². The molecule has 0 saturated carbocycles. The van der Waals surface area contributed by atoms with Crippen molar-refractivity contribution in [3.8, 4) is 12.3 Å². The molecule has 36 heavy (non-hydrogen) atoms. The Morgan fingerprint density at radius 3 is 1.97 bits per heavy atom. The van der Waals surface area contributed by atoms with Crippen molar-refractivity contribution in [2.45, 2.75) is 4.90 Å². The van der Waals surface area contributed by atoms with Gasteiger partial charge >= 0.3 is 0 Å². The van der Waals surface area contributed by atoms with Crippen LogP contribution in [-0.2, 0) is 38.6 Å². The standard InChI is InChI=1S/C19H28N4O10S3/c1-5-16-14-17(23(24)25)15-18(36(30,31)22-8-6-20(2)7-9-22)19(16)21(10-12-32-34(3,26)27)11-13-33-35(4,28)29/h1,14-15H,6-13H2,2-4H3/p+1. The zero-order valence-corrected chi connectivity index (χ0v) is 22.5. The molecule has 1 aromatic carbocycles. The SMILES string of the molecule is C#Cc1cc([N+](=O)[O-])cc(S(=O)(=O)N2CC[NH+](C)CC2)c1N(CCOS(C)(=O)=O)CCOS(C)(=O)=O. The fraction of sp³-hybridized carbons (Fsp3) is 0.579. The first-order valence-corrected chi connectivity index (χ1v) is 15.7. The number of terminal acetylenes is 1. The van der Waals surface area contributed by atoms with E-state index in [1.807, 2.05) is 7.05 Å². The molecule has 1 saturated heterocycles. The van der Waals surface area contributed by atoms with Gasteiger partial charge in [-0.2, -0.15) is 21.1 Å². The van der Waals surface area contributed by atoms with E-state index in [0.717, 1.165) is 29.5 Å². The quantitative estimate of drug-likeness (QED) is 0.126. The zero-order chi connectivity index (χ0) is 27.3. The summed E-state index contributed by atoms with van der Waals surface area (Å²) in [4.78, 5) is 12.7. The summed E-state index contributed by atoms with van der Waals surface area (Å²) in [6.45, 7) is -0.0123. The van der Waals surface area contributed by atoms with Crippen molar-refractivity contribution in [3.05, 3.63) is 27.8 Å². The van der Waals surface area contributed by atoms with Crippen molar-refractivity contribution in [3.63, 3.8) is 0 Å². The lowest BCUT2D eigenvalue weighted by Crippen LogP contribution is -3.12. The highest BCUT2D eigenvalue weighted by molar-refractivity contribution is 7.89. The van der Waals surface area contributed by atoms with Crippen molar-refractivity contribution in [1.29, 1.82) is 0 Å². The summed E-state index contributed by atoms with van der Waals surface area (Å²) in [5.41, 5.74) is -0.824. The topological polar surface area (TPSA) is 175 Å². The fourth-order valence-corrected chi connectivity index (χ4v) is 5.96. The minimum Gasteiger partial charge on any atom is -0.365 e. The van der Waals surface area contributed by atoms with E-state index in [1.165, 1.54) is 9.21 Å². The summed E-state index contributed by atoms with van der Waals surface area (Å²) in [6, 6.07) is 1.91. The van der Waals surface area contributed by atoms with Gasteiger partial charge in [0, 0.05) is 25.2 Å². The van der Waals surface area contributed by atoms with Crippen molar-refractivity contribution in [1.82, 2.24) is 4.31 Å². The van der Waals surface area contributed by atoms with Gasteiger partial charge in [0.2, 0.25) is 10.0 Å². The Hall–Kier alpha value is -2.33. The second-order valence-electron chi connectivity index (χ2n) is 8.14. The van der Waals surface area contributed by atoms with Crippen LogP contribution in [0, 0.1) is 22.5 Å². The lowest BCUT2D eigenvalue weighted by molar-refractivity contribution is -0.883. The number of rotatable bonds is 12. The molecule has 0 aliphatic carbocycles. The number of likely N-dealkylation sites (N-methyl/N-ethyl adjacent to an activating group) is 1. The largest absolute Gasteiger partial charge is 0.365 e. The third-order valence-corrected chi connectivity index (χ3v) is 8.35. The third kappa shape index (κ3) is 8.37. The van der Waals surface area contributed by atoms with Gasteiger partial charge in [0.25, 0.3) is 25.9 Å². The maximum Gasteiger partial charge on any atom is 0.272 e. The average molecular weight is 570 g/mol. The lowest BCUT2D eigenvalue weighted by Gasteiger charge is -2.32. The van der Waals surface area contributed by atoms with Crippen molar-refractivity contribution in [2.24, 2.45) is 0 Å². The van der Waals surface area contributed by atoms with Crippen LogP contribution in [0.4, 0.5) is 11.4 Å². The molecule has 1 aliphatic heterocycles. The van der Waals surface area contributed by atoms with Crippen molar-refractivity contribution in [2.75, 3.05) is 76.9 Å². The van der Waals surface area contributed by atoms with Crippen LogP contribution >= 0.6 is 0 Å². The van der Waals surface area contributed by atoms with Crippen LogP contribution in [0.3, 0.4) is 0 Å². The number of hydrogen-bond acceptors (Lipinski definition) is 11. The number of nitrogens with one attached hydrogen (secondary N) is 1. The Morgan fingerprint density at radius 1 is 1.06 bits per heavy atom. The van der Waals surface area contributed by atoms with Gasteiger partial charge in [-0.1, -0.05) is 5.92 Å². The number of nitro groups is 1. The summed E-state index contributed by atoms with van der Waals surface area (Å²) >= 11 is 0. The highest BCUT2D eigenvalue weighted by atomic mass is 32.2. The van der Waals surface area contributed by atoms with Crippen molar-refractivity contribution < 1.29 is 43.4 Å². The maximum absolute atomic E-state index is 13.7. The second-order valence-corrected chi connectivity index (χ2v) is 13.3. The number of non-ortho nitro benzene ring substituents is 1. The summed E-state index contributed by atoms with van der Waals surface area (Å²) < 4.78 is 83.8. The van der Waals surface area contributed by atoms with E-state index in [4.69, 9.17) is 14.8 Å². The van der Waals surface area contributed by atoms with E-state index >= 15 is 0 Å². The predicted molar refractivity (Wildman–Crippen MR) is 130 cm³/mol. The van der Waals surface area contributed by atoms with E-state index in [1.54, 1.807) is 0 Å². The van der Waals surface area contributed by atoms with E-state index in [-0.39, 0.29) is 37.4 Å². The Morgan fingerprint density at radius 2 is 1.56 bits per heavy atom. The number of nitrogens with zero attached hydrogens (tertiary/aromatic N) is 3. The second kappa shape index (κ2) is 11.8. The molecule has 0 amide bonds. The molecular weight excluding hydrogens is 540 g/mol. The van der Waals surface area contributed by atoms with Gasteiger partial charge in [0.15, 0.2) is 0 Å². The molecule has 1 heterocycles. The molecular formula is C19H29N4O10S3+. The smallest absolute Gasteiger partial charge is 0.272 e. The zero-order valence-electron chi connectivity index (χ0n) is 20.0. The summed E-state index contributed by atoms with van der Waals surface area (Å²) in [5, 5.41) is 11.6. The number of piperazine rings is 1. The minimum atomic E-state index is -4.30. The molecule has 0 aromatic heterocycles. The molecule has 202 valence electrons. The van der Waals surface area contributed by atoms with Crippen LogP contribution in [0.15, 0.2) is 17.0 Å². The Bertz CT molecular complexity index is 1290.